The van der Waals surface area contributed by atoms with Crippen molar-refractivity contribution in [3.63, 3.8) is 0 Å². The van der Waals surface area contributed by atoms with Gasteiger partial charge in [-0.15, -0.1) is 0 Å². The maximum atomic E-state index is 12.5. The summed E-state index contributed by atoms with van der Waals surface area (Å²) in [6, 6.07) is 12.0. The third kappa shape index (κ3) is 4.78. The fourth-order valence-corrected chi connectivity index (χ4v) is 2.49. The van der Waals surface area contributed by atoms with Crippen LogP contribution in [0.15, 0.2) is 42.7 Å². The number of anilines is 1. The Balaban J connectivity index is 2.14. The summed E-state index contributed by atoms with van der Waals surface area (Å²) >= 11 is 0. The number of amides is 1. The van der Waals surface area contributed by atoms with E-state index in [2.05, 4.69) is 40.8 Å². The topological polar surface area (TPSA) is 49.3 Å². The lowest BCUT2D eigenvalue weighted by molar-refractivity contribution is 0.0787. The van der Waals surface area contributed by atoms with Gasteiger partial charge in [0, 0.05) is 32.7 Å². The van der Waals surface area contributed by atoms with Crippen molar-refractivity contribution in [2.24, 2.45) is 0 Å². The number of carbonyl (C=O) groups is 1. The van der Waals surface area contributed by atoms with Crippen molar-refractivity contribution in [1.29, 1.82) is 0 Å². The van der Waals surface area contributed by atoms with Crippen LogP contribution in [-0.4, -0.2) is 40.9 Å². The molecule has 0 spiro atoms. The molecule has 0 saturated heterocycles. The maximum absolute atomic E-state index is 12.5. The predicted molar refractivity (Wildman–Crippen MR) is 97.1 cm³/mol. The van der Waals surface area contributed by atoms with Gasteiger partial charge in [0.2, 0.25) is 0 Å². The molecule has 0 saturated carbocycles. The highest BCUT2D eigenvalue weighted by atomic mass is 16.2. The van der Waals surface area contributed by atoms with E-state index in [0.717, 1.165) is 38.3 Å². The Hall–Kier alpha value is -2.43. The van der Waals surface area contributed by atoms with Crippen molar-refractivity contribution in [2.45, 2.75) is 33.2 Å². The minimum absolute atomic E-state index is 0.0529. The largest absolute Gasteiger partial charge is 0.352 e. The second kappa shape index (κ2) is 9.01. The van der Waals surface area contributed by atoms with E-state index in [1.165, 1.54) is 11.9 Å². The fourth-order valence-electron chi connectivity index (χ4n) is 2.49. The summed E-state index contributed by atoms with van der Waals surface area (Å²) < 4.78 is 0. The molecule has 0 aliphatic carbocycles. The van der Waals surface area contributed by atoms with E-state index >= 15 is 0 Å². The van der Waals surface area contributed by atoms with E-state index in [4.69, 9.17) is 0 Å². The number of rotatable bonds is 8. The van der Waals surface area contributed by atoms with Gasteiger partial charge < -0.3 is 9.80 Å². The fraction of sp³-hybridized carbons (Fsp3) is 0.421. The van der Waals surface area contributed by atoms with Gasteiger partial charge in [-0.25, -0.2) is 9.97 Å². The molecule has 5 nitrogen and oxygen atoms in total. The second-order valence-electron chi connectivity index (χ2n) is 5.84. The van der Waals surface area contributed by atoms with Crippen LogP contribution in [0.25, 0.3) is 0 Å². The first-order valence-corrected chi connectivity index (χ1v) is 8.52. The molecule has 24 heavy (non-hydrogen) atoms. The van der Waals surface area contributed by atoms with Crippen LogP contribution in [0.5, 0.6) is 0 Å². The summed E-state index contributed by atoms with van der Waals surface area (Å²) in [5, 5.41) is 0. The lowest BCUT2D eigenvalue weighted by Crippen LogP contribution is -2.29. The third-order valence-electron chi connectivity index (χ3n) is 3.99. The standard InChI is InChI=1S/C19H26N4O/c1-4-6-12-22(3)19(24)17-13-18(21-15-20-17)23(5-2)14-16-10-8-7-9-11-16/h7-11,13,15H,4-6,12,14H2,1-3H3. The predicted octanol–water partition coefficient (Wildman–Crippen LogP) is 3.38. The van der Waals surface area contributed by atoms with Gasteiger partial charge in [0.05, 0.1) is 0 Å². The van der Waals surface area contributed by atoms with E-state index in [1.54, 1.807) is 11.0 Å². The van der Waals surface area contributed by atoms with Gasteiger partial charge in [0.15, 0.2) is 0 Å². The lowest BCUT2D eigenvalue weighted by Gasteiger charge is -2.23. The summed E-state index contributed by atoms with van der Waals surface area (Å²) in [5.74, 6) is 0.728. The van der Waals surface area contributed by atoms with Crippen molar-refractivity contribution in [2.75, 3.05) is 25.0 Å². The Morgan fingerprint density at radius 1 is 1.12 bits per heavy atom. The van der Waals surface area contributed by atoms with Crippen LogP contribution >= 0.6 is 0 Å². The molecule has 2 aromatic rings. The van der Waals surface area contributed by atoms with Crippen LogP contribution in [0.4, 0.5) is 5.82 Å². The zero-order valence-corrected chi connectivity index (χ0v) is 14.8. The smallest absolute Gasteiger partial charge is 0.272 e. The van der Waals surface area contributed by atoms with Crippen molar-refractivity contribution >= 4 is 11.7 Å². The lowest BCUT2D eigenvalue weighted by atomic mass is 10.2. The highest BCUT2D eigenvalue weighted by Gasteiger charge is 2.15. The van der Waals surface area contributed by atoms with E-state index in [1.807, 2.05) is 25.2 Å². The van der Waals surface area contributed by atoms with Gasteiger partial charge in [0.25, 0.3) is 5.91 Å². The first-order chi connectivity index (χ1) is 11.7. The summed E-state index contributed by atoms with van der Waals surface area (Å²) in [6.45, 7) is 6.51. The van der Waals surface area contributed by atoms with Crippen LogP contribution in [0.1, 0.15) is 42.7 Å². The van der Waals surface area contributed by atoms with E-state index in [9.17, 15) is 4.79 Å². The first kappa shape index (κ1) is 17.9. The Labute approximate surface area is 144 Å². The van der Waals surface area contributed by atoms with Crippen LogP contribution in [0.2, 0.25) is 0 Å². The third-order valence-corrected chi connectivity index (χ3v) is 3.99. The molecule has 1 amide bonds. The van der Waals surface area contributed by atoms with Gasteiger partial charge in [0.1, 0.15) is 17.8 Å². The molecular formula is C19H26N4O. The first-order valence-electron chi connectivity index (χ1n) is 8.52. The Kier molecular flexibility index (Phi) is 6.73. The molecule has 0 unspecified atom stereocenters. The van der Waals surface area contributed by atoms with Crippen LogP contribution in [0.3, 0.4) is 0 Å². The quantitative estimate of drug-likeness (QED) is 0.746. The van der Waals surface area contributed by atoms with Crippen molar-refractivity contribution < 1.29 is 4.79 Å². The molecule has 128 valence electrons. The molecule has 0 N–H and O–H groups in total. The molecule has 0 atom stereocenters. The molecule has 0 bridgehead atoms. The number of carbonyl (C=O) groups excluding carboxylic acids is 1. The summed E-state index contributed by atoms with van der Waals surface area (Å²) in [6.07, 6.45) is 3.53. The second-order valence-corrected chi connectivity index (χ2v) is 5.84. The van der Waals surface area contributed by atoms with Crippen LogP contribution in [0, 0.1) is 0 Å². The number of unbranched alkanes of at least 4 members (excludes halogenated alkanes) is 1. The van der Waals surface area contributed by atoms with Crippen LogP contribution in [-0.2, 0) is 6.54 Å². The average Bonchev–Trinajstić information content (AvgIpc) is 2.64. The SMILES string of the molecule is CCCCN(C)C(=O)c1cc(N(CC)Cc2ccccc2)ncn1. The van der Waals surface area contributed by atoms with E-state index in [0.29, 0.717) is 5.69 Å². The minimum atomic E-state index is -0.0529. The van der Waals surface area contributed by atoms with E-state index < -0.39 is 0 Å². The number of aromatic nitrogens is 2. The summed E-state index contributed by atoms with van der Waals surface area (Å²) in [7, 11) is 1.82. The molecular weight excluding hydrogens is 300 g/mol. The highest BCUT2D eigenvalue weighted by Crippen LogP contribution is 2.15. The molecule has 0 aliphatic heterocycles. The molecule has 0 fully saturated rings. The number of benzene rings is 1. The Morgan fingerprint density at radius 2 is 1.88 bits per heavy atom. The van der Waals surface area contributed by atoms with Gasteiger partial charge in [-0.2, -0.15) is 0 Å². The minimum Gasteiger partial charge on any atom is -0.352 e. The normalized spacial score (nSPS) is 10.5. The zero-order chi connectivity index (χ0) is 17.4. The van der Waals surface area contributed by atoms with E-state index in [-0.39, 0.29) is 5.91 Å². The maximum Gasteiger partial charge on any atom is 0.272 e. The van der Waals surface area contributed by atoms with Crippen molar-refractivity contribution in [3.8, 4) is 0 Å². The van der Waals surface area contributed by atoms with Gasteiger partial charge in [-0.3, -0.25) is 4.79 Å². The molecule has 0 radical (unpaired) electrons. The number of hydrogen-bond donors (Lipinski definition) is 0. The molecule has 5 heteroatoms. The zero-order valence-electron chi connectivity index (χ0n) is 14.8. The monoisotopic (exact) mass is 326 g/mol. The van der Waals surface area contributed by atoms with Crippen molar-refractivity contribution in [3.05, 3.63) is 54.0 Å². The number of hydrogen-bond acceptors (Lipinski definition) is 4. The van der Waals surface area contributed by atoms with Crippen molar-refractivity contribution in [1.82, 2.24) is 14.9 Å². The molecule has 2 rings (SSSR count). The average molecular weight is 326 g/mol. The highest BCUT2D eigenvalue weighted by molar-refractivity contribution is 5.92. The molecule has 1 heterocycles. The number of nitrogens with zero attached hydrogens (tertiary/aromatic N) is 4. The molecule has 0 aliphatic rings. The molecule has 1 aromatic heterocycles. The Morgan fingerprint density at radius 3 is 2.54 bits per heavy atom. The van der Waals surface area contributed by atoms with Gasteiger partial charge in [-0.1, -0.05) is 43.7 Å². The summed E-state index contributed by atoms with van der Waals surface area (Å²) in [4.78, 5) is 24.9. The molecule has 1 aromatic carbocycles. The van der Waals surface area contributed by atoms with Crippen LogP contribution < -0.4 is 4.90 Å². The Bertz CT molecular complexity index is 645. The van der Waals surface area contributed by atoms with Gasteiger partial charge >= 0.3 is 0 Å². The van der Waals surface area contributed by atoms with Gasteiger partial charge in [-0.05, 0) is 18.9 Å². The summed E-state index contributed by atoms with van der Waals surface area (Å²) in [5.41, 5.74) is 1.66.